The molecule has 2 atom stereocenters. The number of aromatic hydroxyl groups is 1. The molecule has 12 nitrogen and oxygen atoms in total. The molecule has 13 heteroatoms. The number of pyridine rings is 1. The largest absolute Gasteiger partial charge is 0.508 e. The van der Waals surface area contributed by atoms with Gasteiger partial charge in [0.2, 0.25) is 11.8 Å². The van der Waals surface area contributed by atoms with Crippen molar-refractivity contribution >= 4 is 44.7 Å². The summed E-state index contributed by atoms with van der Waals surface area (Å²) in [7, 11) is 0. The van der Waals surface area contributed by atoms with E-state index in [1.807, 2.05) is 91.0 Å². The maximum absolute atomic E-state index is 14.6. The van der Waals surface area contributed by atoms with Crippen LogP contribution in [0.5, 0.6) is 5.75 Å². The maximum atomic E-state index is 14.6. The molecule has 4 heterocycles. The lowest BCUT2D eigenvalue weighted by Crippen LogP contribution is -2.76. The van der Waals surface area contributed by atoms with Gasteiger partial charge in [0.1, 0.15) is 22.6 Å². The van der Waals surface area contributed by atoms with E-state index in [1.165, 1.54) is 0 Å². The Morgan fingerprint density at radius 2 is 1.59 bits per heavy atom. The number of benzene rings is 4. The first kappa shape index (κ1) is 35.0. The zero-order valence-corrected chi connectivity index (χ0v) is 30.8. The molecule has 54 heavy (non-hydrogen) atoms. The number of hydrogen-bond donors (Lipinski definition) is 2. The van der Waals surface area contributed by atoms with E-state index >= 15 is 0 Å². The molecule has 0 saturated carbocycles. The van der Waals surface area contributed by atoms with Crippen LogP contribution in [-0.4, -0.2) is 82.8 Å². The number of amides is 4. The third-order valence-electron chi connectivity index (χ3n) is 9.92. The van der Waals surface area contributed by atoms with Crippen LogP contribution in [0.25, 0.3) is 16.6 Å². The van der Waals surface area contributed by atoms with Crippen molar-refractivity contribution in [3.05, 3.63) is 155 Å². The number of carbonyl (C=O) groups excluding carboxylic acids is 3. The standard InChI is InChI=1S/C41H37BrN8O4/c42-39-31(23-45-49(39)32-12-5-2-6-13-32)25-47-27-38(52)48-36(21-28-16-18-33(51)19-17-28)40(53)46(24-30-11-7-15-35-34(30)14-8-20-43-35)26-37(48)50(47)41(54)44-22-29-9-3-1-4-10-29/h1-20,23,36-37,51H,21-22,24-27H2,(H,44,54). The SMILES string of the molecule is O=C1C(Cc2ccc(O)cc2)N2C(=O)CN(Cc3cnn(-c4ccccc4)c3Br)N(C(=O)NCc3ccccc3)C2CN1Cc1cccc2ncccc12. The number of para-hydroxylation sites is 1. The summed E-state index contributed by atoms with van der Waals surface area (Å²) in [6.07, 6.45) is 2.83. The first-order valence-electron chi connectivity index (χ1n) is 17.7. The van der Waals surface area contributed by atoms with Gasteiger partial charge in [0.25, 0.3) is 0 Å². The maximum Gasteiger partial charge on any atom is 0.334 e. The van der Waals surface area contributed by atoms with Crippen LogP contribution in [0.2, 0.25) is 0 Å². The van der Waals surface area contributed by atoms with E-state index in [9.17, 15) is 19.5 Å². The van der Waals surface area contributed by atoms with Gasteiger partial charge in [-0.1, -0.05) is 78.9 Å². The van der Waals surface area contributed by atoms with Crippen molar-refractivity contribution < 1.29 is 19.5 Å². The van der Waals surface area contributed by atoms with Crippen LogP contribution in [-0.2, 0) is 35.6 Å². The van der Waals surface area contributed by atoms with Crippen LogP contribution in [0.1, 0.15) is 22.3 Å². The zero-order valence-electron chi connectivity index (χ0n) is 29.2. The van der Waals surface area contributed by atoms with Crippen LogP contribution < -0.4 is 5.32 Å². The number of phenolic OH excluding ortho intramolecular Hbond substituents is 1. The molecule has 2 unspecified atom stereocenters. The Kier molecular flexibility index (Phi) is 9.81. The molecule has 0 bridgehead atoms. The summed E-state index contributed by atoms with van der Waals surface area (Å²) in [5.74, 6) is -0.395. The average molecular weight is 786 g/mol. The number of nitrogens with zero attached hydrogens (tertiary/aromatic N) is 7. The van der Waals surface area contributed by atoms with Crippen molar-refractivity contribution in [1.29, 1.82) is 0 Å². The fraction of sp³-hybridized carbons (Fsp3) is 0.195. The molecule has 2 fully saturated rings. The number of nitrogens with one attached hydrogen (secondary N) is 1. The summed E-state index contributed by atoms with van der Waals surface area (Å²) in [5, 5.41) is 22.0. The third kappa shape index (κ3) is 7.03. The molecule has 2 saturated heterocycles. The highest BCUT2D eigenvalue weighted by atomic mass is 79.9. The Hall–Kier alpha value is -6.05. The number of urea groups is 1. The molecular formula is C41H37BrN8O4. The van der Waals surface area contributed by atoms with Gasteiger partial charge in [0.15, 0.2) is 0 Å². The highest BCUT2D eigenvalue weighted by Gasteiger charge is 2.51. The Bertz CT molecular complexity index is 2300. The van der Waals surface area contributed by atoms with Crippen molar-refractivity contribution in [3.8, 4) is 11.4 Å². The molecule has 272 valence electrons. The van der Waals surface area contributed by atoms with Crippen molar-refractivity contribution in [2.24, 2.45) is 0 Å². The molecule has 6 aromatic rings. The number of halogens is 1. The highest BCUT2D eigenvalue weighted by molar-refractivity contribution is 9.10. The first-order chi connectivity index (χ1) is 26.3. The second-order valence-corrected chi connectivity index (χ2v) is 14.1. The number of piperazine rings is 1. The fourth-order valence-corrected chi connectivity index (χ4v) is 7.84. The van der Waals surface area contributed by atoms with Crippen molar-refractivity contribution in [2.75, 3.05) is 13.1 Å². The minimum atomic E-state index is -0.909. The van der Waals surface area contributed by atoms with E-state index < -0.39 is 18.2 Å². The highest BCUT2D eigenvalue weighted by Crippen LogP contribution is 2.32. The Morgan fingerprint density at radius 3 is 2.37 bits per heavy atom. The molecule has 0 radical (unpaired) electrons. The van der Waals surface area contributed by atoms with E-state index in [0.717, 1.165) is 38.8 Å². The number of fused-ring (bicyclic) bond motifs is 2. The summed E-state index contributed by atoms with van der Waals surface area (Å²) in [6.45, 7) is 0.637. The van der Waals surface area contributed by atoms with Gasteiger partial charge >= 0.3 is 6.03 Å². The van der Waals surface area contributed by atoms with Crippen LogP contribution >= 0.6 is 15.9 Å². The van der Waals surface area contributed by atoms with Crippen molar-refractivity contribution in [2.45, 2.75) is 38.3 Å². The van der Waals surface area contributed by atoms with Crippen LogP contribution in [0.4, 0.5) is 4.79 Å². The summed E-state index contributed by atoms with van der Waals surface area (Å²) < 4.78 is 2.46. The fourth-order valence-electron chi connectivity index (χ4n) is 7.31. The van der Waals surface area contributed by atoms with Crippen molar-refractivity contribution in [1.82, 2.24) is 39.9 Å². The van der Waals surface area contributed by atoms with Gasteiger partial charge in [-0.3, -0.25) is 14.6 Å². The molecule has 2 aliphatic heterocycles. The second kappa shape index (κ2) is 15.1. The number of phenols is 1. The molecule has 8 rings (SSSR count). The summed E-state index contributed by atoms with van der Waals surface area (Å²) in [4.78, 5) is 51.4. The van der Waals surface area contributed by atoms with Gasteiger partial charge in [-0.2, -0.15) is 5.10 Å². The number of aromatic nitrogens is 3. The van der Waals surface area contributed by atoms with E-state index in [2.05, 4.69) is 31.3 Å². The van der Waals surface area contributed by atoms with Gasteiger partial charge < -0.3 is 20.2 Å². The predicted octanol–water partition coefficient (Wildman–Crippen LogP) is 5.64. The van der Waals surface area contributed by atoms with Crippen LogP contribution in [0, 0.1) is 0 Å². The summed E-state index contributed by atoms with van der Waals surface area (Å²) in [5.41, 5.74) is 5.04. The van der Waals surface area contributed by atoms with E-state index in [4.69, 9.17) is 0 Å². The second-order valence-electron chi connectivity index (χ2n) is 13.4. The molecule has 2 aliphatic rings. The number of hydrogen-bond acceptors (Lipinski definition) is 7. The Balaban J connectivity index is 1.18. The van der Waals surface area contributed by atoms with Gasteiger partial charge in [-0.25, -0.2) is 19.5 Å². The first-order valence-corrected chi connectivity index (χ1v) is 18.5. The normalized spacial score (nSPS) is 17.5. The van der Waals surface area contributed by atoms with E-state index in [1.54, 1.807) is 61.2 Å². The minimum Gasteiger partial charge on any atom is -0.508 e. The smallest absolute Gasteiger partial charge is 0.334 e. The number of rotatable bonds is 9. The molecule has 0 spiro atoms. The average Bonchev–Trinajstić information content (AvgIpc) is 3.56. The quantitative estimate of drug-likeness (QED) is 0.194. The van der Waals surface area contributed by atoms with E-state index in [-0.39, 0.29) is 56.7 Å². The van der Waals surface area contributed by atoms with Crippen LogP contribution in [0.3, 0.4) is 0 Å². The molecule has 0 aliphatic carbocycles. The van der Waals surface area contributed by atoms with Gasteiger partial charge in [0, 0.05) is 43.2 Å². The number of carbonyl (C=O) groups is 3. The molecule has 4 aromatic carbocycles. The molecule has 2 aromatic heterocycles. The third-order valence-corrected chi connectivity index (χ3v) is 10.8. The minimum absolute atomic E-state index is 0.0764. The monoisotopic (exact) mass is 784 g/mol. The lowest BCUT2D eigenvalue weighted by molar-refractivity contribution is -0.192. The Labute approximate surface area is 320 Å². The van der Waals surface area contributed by atoms with Crippen LogP contribution in [0.15, 0.2) is 132 Å². The molecular weight excluding hydrogens is 748 g/mol. The Morgan fingerprint density at radius 1 is 0.833 bits per heavy atom. The van der Waals surface area contributed by atoms with Crippen molar-refractivity contribution in [3.63, 3.8) is 0 Å². The molecule has 4 amide bonds. The predicted molar refractivity (Wildman–Crippen MR) is 206 cm³/mol. The lowest BCUT2D eigenvalue weighted by Gasteiger charge is -2.55. The summed E-state index contributed by atoms with van der Waals surface area (Å²) in [6, 6.07) is 34.3. The number of hydrazine groups is 1. The summed E-state index contributed by atoms with van der Waals surface area (Å²) >= 11 is 3.73. The zero-order chi connectivity index (χ0) is 37.2. The van der Waals surface area contributed by atoms with E-state index in [0.29, 0.717) is 4.60 Å². The van der Waals surface area contributed by atoms with Gasteiger partial charge in [0.05, 0.1) is 30.5 Å². The van der Waals surface area contributed by atoms with Gasteiger partial charge in [-0.15, -0.1) is 0 Å². The topological polar surface area (TPSA) is 127 Å². The lowest BCUT2D eigenvalue weighted by atomic mass is 9.97. The molecule has 2 N–H and O–H groups in total. The van der Waals surface area contributed by atoms with Gasteiger partial charge in [-0.05, 0) is 69.0 Å².